The number of nitrogens with one attached hydrogen (secondary N) is 1. The Balaban J connectivity index is 2.54. The van der Waals surface area contributed by atoms with E-state index in [0.29, 0.717) is 26.4 Å². The summed E-state index contributed by atoms with van der Waals surface area (Å²) in [6.45, 7) is 2.65. The third kappa shape index (κ3) is 3.36. The smallest absolute Gasteiger partial charge is 0.288 e. The number of halogens is 1. The number of rotatable bonds is 4. The molecule has 2 heterocycles. The summed E-state index contributed by atoms with van der Waals surface area (Å²) in [7, 11) is 0. The van der Waals surface area contributed by atoms with Crippen molar-refractivity contribution in [1.29, 1.82) is 0 Å². The highest BCUT2D eigenvalue weighted by molar-refractivity contribution is 7.81. The molecule has 0 saturated carbocycles. The van der Waals surface area contributed by atoms with Crippen molar-refractivity contribution in [3.63, 3.8) is 0 Å². The normalized spacial score (nSPS) is 11.9. The zero-order valence-electron chi connectivity index (χ0n) is 10.8. The number of pyridine rings is 1. The molecule has 0 radical (unpaired) electrons. The Morgan fingerprint density at radius 2 is 2.05 bits per heavy atom. The molecule has 0 fully saturated rings. The second-order valence-electron chi connectivity index (χ2n) is 3.94. The molecule has 2 N–H and O–H groups in total. The highest BCUT2D eigenvalue weighted by Gasteiger charge is 2.23. The molecule has 0 bridgehead atoms. The average molecular weight is 326 g/mol. The first-order valence-corrected chi connectivity index (χ1v) is 7.67. The maximum atomic E-state index is 10.5. The van der Waals surface area contributed by atoms with Crippen molar-refractivity contribution in [2.24, 2.45) is 0 Å². The molecule has 0 aliphatic rings. The molecule has 0 spiro atoms. The van der Waals surface area contributed by atoms with Crippen LogP contribution in [0.5, 0.6) is 0 Å². The quantitative estimate of drug-likeness (QED) is 0.391. The summed E-state index contributed by atoms with van der Waals surface area (Å²) in [6, 6.07) is 9.19. The van der Waals surface area contributed by atoms with E-state index in [-0.39, 0.29) is 5.76 Å². The molecule has 0 saturated heterocycles. The number of hydrogen-bond acceptors (Lipinski definition) is 3. The van der Waals surface area contributed by atoms with Gasteiger partial charge in [0.05, 0.1) is 9.21 Å². The summed E-state index contributed by atoms with van der Waals surface area (Å²) in [4.78, 5) is 1.17. The second-order valence-corrected chi connectivity index (χ2v) is 6.07. The first-order valence-electron chi connectivity index (χ1n) is 6.07. The standard InChI is InChI=1S/C14H13ClN2OS2/c1-2-16-14(19)12(17-8-4-3-5-9-17)13(18)10-6-7-11(15)20-10/h3-9H,2H2,1H3,(H-,16,18,19)/p+1. The third-order valence-electron chi connectivity index (χ3n) is 2.56. The van der Waals surface area contributed by atoms with Crippen LogP contribution < -0.4 is 9.88 Å². The first kappa shape index (κ1) is 15.0. The topological polar surface area (TPSA) is 36.1 Å². The predicted octanol–water partition coefficient (Wildman–Crippen LogP) is 3.51. The van der Waals surface area contributed by atoms with E-state index in [4.69, 9.17) is 23.8 Å². The maximum Gasteiger partial charge on any atom is 0.288 e. The van der Waals surface area contributed by atoms with Crippen LogP contribution in [-0.4, -0.2) is 16.6 Å². The lowest BCUT2D eigenvalue weighted by Crippen LogP contribution is -2.40. The fourth-order valence-electron chi connectivity index (χ4n) is 1.70. The van der Waals surface area contributed by atoms with Crippen molar-refractivity contribution in [2.75, 3.05) is 6.54 Å². The summed E-state index contributed by atoms with van der Waals surface area (Å²) in [5.74, 6) is 0.115. The highest BCUT2D eigenvalue weighted by atomic mass is 35.5. The Kier molecular flexibility index (Phi) is 5.11. The van der Waals surface area contributed by atoms with E-state index in [9.17, 15) is 5.11 Å². The molecule has 3 nitrogen and oxygen atoms in total. The van der Waals surface area contributed by atoms with Crippen LogP contribution in [-0.2, 0) is 0 Å². The van der Waals surface area contributed by atoms with Crippen molar-refractivity contribution in [2.45, 2.75) is 6.92 Å². The van der Waals surface area contributed by atoms with Crippen LogP contribution in [0.1, 0.15) is 11.8 Å². The Morgan fingerprint density at radius 1 is 1.35 bits per heavy atom. The number of hydrogen-bond donors (Lipinski definition) is 2. The summed E-state index contributed by atoms with van der Waals surface area (Å²) < 4.78 is 2.41. The van der Waals surface area contributed by atoms with Crippen LogP contribution in [0.2, 0.25) is 4.34 Å². The number of aromatic nitrogens is 1. The van der Waals surface area contributed by atoms with Crippen molar-refractivity contribution >= 4 is 51.6 Å². The van der Waals surface area contributed by atoms with Crippen LogP contribution in [0.15, 0.2) is 42.7 Å². The van der Waals surface area contributed by atoms with Gasteiger partial charge in [0.25, 0.3) is 5.70 Å². The van der Waals surface area contributed by atoms with Crippen molar-refractivity contribution < 1.29 is 9.67 Å². The van der Waals surface area contributed by atoms with Gasteiger partial charge in [0.2, 0.25) is 5.76 Å². The van der Waals surface area contributed by atoms with E-state index >= 15 is 0 Å². The Bertz CT molecular complexity index is 638. The SMILES string of the molecule is CCNC(=S)C(=C(O)c1ccc(Cl)s1)[n+]1ccccc1. The minimum absolute atomic E-state index is 0.115. The van der Waals surface area contributed by atoms with Crippen molar-refractivity contribution in [3.05, 3.63) is 51.9 Å². The van der Waals surface area contributed by atoms with E-state index in [1.165, 1.54) is 11.3 Å². The third-order valence-corrected chi connectivity index (χ3v) is 4.13. The van der Waals surface area contributed by atoms with Crippen LogP contribution in [0.4, 0.5) is 0 Å². The van der Waals surface area contributed by atoms with Gasteiger partial charge >= 0.3 is 0 Å². The predicted molar refractivity (Wildman–Crippen MR) is 88.0 cm³/mol. The monoisotopic (exact) mass is 325 g/mol. The molecule has 0 amide bonds. The van der Waals surface area contributed by atoms with Crippen LogP contribution in [0.3, 0.4) is 0 Å². The zero-order valence-corrected chi connectivity index (χ0v) is 13.2. The number of likely N-dealkylation sites (N-methyl/N-ethyl adjacent to an activating group) is 1. The van der Waals surface area contributed by atoms with Gasteiger partial charge in [-0.1, -0.05) is 29.9 Å². The van der Waals surface area contributed by atoms with Crippen LogP contribution >= 0.6 is 35.2 Å². The highest BCUT2D eigenvalue weighted by Crippen LogP contribution is 2.28. The molecule has 2 rings (SSSR count). The summed E-state index contributed by atoms with van der Waals surface area (Å²) >= 11 is 12.6. The number of aliphatic hydroxyl groups excluding tert-OH is 1. The Hall–Kier alpha value is -1.43. The molecule has 104 valence electrons. The van der Waals surface area contributed by atoms with Gasteiger partial charge in [-0.25, -0.2) is 0 Å². The summed E-state index contributed by atoms with van der Waals surface area (Å²) in [6.07, 6.45) is 3.68. The van der Waals surface area contributed by atoms with Crippen molar-refractivity contribution in [3.8, 4) is 0 Å². The fourth-order valence-corrected chi connectivity index (χ4v) is 3.03. The van der Waals surface area contributed by atoms with Gasteiger partial charge in [-0.15, -0.1) is 11.3 Å². The molecule has 20 heavy (non-hydrogen) atoms. The van der Waals surface area contributed by atoms with Crippen molar-refractivity contribution in [1.82, 2.24) is 5.32 Å². The minimum Gasteiger partial charge on any atom is -0.501 e. The fraction of sp³-hybridized carbons (Fsp3) is 0.143. The number of aliphatic hydroxyl groups is 1. The van der Waals surface area contributed by atoms with E-state index in [0.717, 1.165) is 0 Å². The first-order chi connectivity index (χ1) is 9.63. The molecular weight excluding hydrogens is 312 g/mol. The molecule has 6 heteroatoms. The molecule has 0 aliphatic carbocycles. The molecule has 0 unspecified atom stereocenters. The lowest BCUT2D eigenvalue weighted by molar-refractivity contribution is -0.576. The van der Waals surface area contributed by atoms with Gasteiger partial charge < -0.3 is 10.4 Å². The number of thiocarbonyl (C=S) groups is 1. The average Bonchev–Trinajstić information content (AvgIpc) is 2.87. The number of thiophene rings is 1. The summed E-state index contributed by atoms with van der Waals surface area (Å²) in [5.41, 5.74) is 0.543. The molecule has 0 atom stereocenters. The maximum absolute atomic E-state index is 10.5. The Morgan fingerprint density at radius 3 is 2.60 bits per heavy atom. The Labute approximate surface area is 132 Å². The molecule has 2 aromatic rings. The second kappa shape index (κ2) is 6.83. The molecule has 0 aliphatic heterocycles. The zero-order chi connectivity index (χ0) is 14.5. The van der Waals surface area contributed by atoms with Gasteiger partial charge in [-0.05, 0) is 19.1 Å². The number of nitrogens with zero attached hydrogens (tertiary/aromatic N) is 1. The summed E-state index contributed by atoms with van der Waals surface area (Å²) in [5, 5.41) is 13.6. The van der Waals surface area contributed by atoms with E-state index in [1.807, 2.05) is 37.5 Å². The van der Waals surface area contributed by atoms with Crippen LogP contribution in [0, 0.1) is 0 Å². The van der Waals surface area contributed by atoms with Gasteiger partial charge in [-0.2, -0.15) is 4.57 Å². The largest absolute Gasteiger partial charge is 0.501 e. The van der Waals surface area contributed by atoms with E-state index < -0.39 is 0 Å². The van der Waals surface area contributed by atoms with E-state index in [2.05, 4.69) is 5.32 Å². The minimum atomic E-state index is 0.115. The van der Waals surface area contributed by atoms with Crippen LogP contribution in [0.25, 0.3) is 11.5 Å². The van der Waals surface area contributed by atoms with Gasteiger partial charge in [-0.3, -0.25) is 0 Å². The van der Waals surface area contributed by atoms with Gasteiger partial charge in [0, 0.05) is 18.7 Å². The molecule has 0 aromatic carbocycles. The van der Waals surface area contributed by atoms with Gasteiger partial charge in [0.1, 0.15) is 0 Å². The van der Waals surface area contributed by atoms with E-state index in [1.54, 1.807) is 16.7 Å². The molecule has 2 aromatic heterocycles. The molecular formula is C14H14ClN2OS2+. The lowest BCUT2D eigenvalue weighted by atomic mass is 10.3. The lowest BCUT2D eigenvalue weighted by Gasteiger charge is -2.07. The van der Waals surface area contributed by atoms with Gasteiger partial charge in [0.15, 0.2) is 17.4 Å².